The Kier molecular flexibility index (Phi) is 5.90. The Bertz CT molecular complexity index is 1010. The summed E-state index contributed by atoms with van der Waals surface area (Å²) in [6, 6.07) is 14.5. The van der Waals surface area contributed by atoms with Crippen LogP contribution in [-0.4, -0.2) is 44.4 Å². The lowest BCUT2D eigenvalue weighted by atomic mass is 10.0. The highest BCUT2D eigenvalue weighted by molar-refractivity contribution is 6.01. The zero-order valence-corrected chi connectivity index (χ0v) is 16.8. The third kappa shape index (κ3) is 4.26. The van der Waals surface area contributed by atoms with Crippen molar-refractivity contribution in [3.63, 3.8) is 0 Å². The molecule has 1 saturated heterocycles. The predicted octanol–water partition coefficient (Wildman–Crippen LogP) is 3.43. The summed E-state index contributed by atoms with van der Waals surface area (Å²) in [7, 11) is 1.50. The van der Waals surface area contributed by atoms with Gasteiger partial charge in [-0.05, 0) is 48.0 Å². The number of nitrogens with zero attached hydrogens (tertiary/aromatic N) is 1. The minimum Gasteiger partial charge on any atom is -0.504 e. The molecule has 4 rings (SSSR count). The number of hydrogen-bond acceptors (Lipinski definition) is 6. The Labute approximate surface area is 174 Å². The van der Waals surface area contributed by atoms with Gasteiger partial charge < -0.3 is 29.2 Å². The Morgan fingerprint density at radius 3 is 2.70 bits per heavy atom. The summed E-state index contributed by atoms with van der Waals surface area (Å²) < 4.78 is 16.0. The van der Waals surface area contributed by atoms with Gasteiger partial charge in [0.05, 0.1) is 32.2 Å². The van der Waals surface area contributed by atoms with Gasteiger partial charge in [-0.3, -0.25) is 4.79 Å². The first kappa shape index (κ1) is 19.8. The number of methoxy groups -OCH3 is 1. The maximum absolute atomic E-state index is 13.1. The molecule has 30 heavy (non-hydrogen) atoms. The van der Waals surface area contributed by atoms with E-state index in [2.05, 4.69) is 10.2 Å². The molecular formula is C23H24N2O5. The molecule has 2 heterocycles. The first-order valence-electron chi connectivity index (χ1n) is 9.80. The number of nitrogens with one attached hydrogen (secondary N) is 1. The largest absolute Gasteiger partial charge is 0.504 e. The van der Waals surface area contributed by atoms with Gasteiger partial charge in [0, 0.05) is 30.9 Å². The predicted molar refractivity (Wildman–Crippen MR) is 113 cm³/mol. The summed E-state index contributed by atoms with van der Waals surface area (Å²) in [5.74, 6) is 0.946. The lowest BCUT2D eigenvalue weighted by Crippen LogP contribution is -2.38. The molecule has 7 nitrogen and oxygen atoms in total. The van der Waals surface area contributed by atoms with Gasteiger partial charge in [0.25, 0.3) is 5.91 Å². The van der Waals surface area contributed by atoms with Crippen LogP contribution in [-0.2, 0) is 11.3 Å². The van der Waals surface area contributed by atoms with Gasteiger partial charge in [-0.15, -0.1) is 0 Å². The number of phenols is 1. The van der Waals surface area contributed by atoms with Crippen LogP contribution >= 0.6 is 0 Å². The minimum atomic E-state index is -0.194. The Balaban J connectivity index is 1.58. The molecule has 3 aromatic rings. The van der Waals surface area contributed by atoms with E-state index >= 15 is 0 Å². The normalized spacial score (nSPS) is 13.8. The van der Waals surface area contributed by atoms with E-state index in [1.165, 1.54) is 7.11 Å². The Morgan fingerprint density at radius 1 is 1.17 bits per heavy atom. The fourth-order valence-corrected chi connectivity index (χ4v) is 3.52. The molecule has 156 valence electrons. The van der Waals surface area contributed by atoms with Crippen molar-refractivity contribution in [1.82, 2.24) is 5.32 Å². The van der Waals surface area contributed by atoms with Crippen LogP contribution in [0.5, 0.6) is 11.5 Å². The number of carbonyl (C=O) groups is 1. The smallest absolute Gasteiger partial charge is 0.253 e. The Hall–Kier alpha value is -3.45. The molecule has 1 fully saturated rings. The highest BCUT2D eigenvalue weighted by Gasteiger charge is 2.20. The topological polar surface area (TPSA) is 84.2 Å². The van der Waals surface area contributed by atoms with E-state index in [9.17, 15) is 9.90 Å². The molecule has 0 bridgehead atoms. The molecule has 0 aliphatic carbocycles. The van der Waals surface area contributed by atoms with Crippen molar-refractivity contribution in [2.45, 2.75) is 6.54 Å². The number of rotatable bonds is 6. The van der Waals surface area contributed by atoms with Crippen molar-refractivity contribution < 1.29 is 23.8 Å². The van der Waals surface area contributed by atoms with Crippen molar-refractivity contribution in [3.05, 3.63) is 65.9 Å². The van der Waals surface area contributed by atoms with Gasteiger partial charge in [0.1, 0.15) is 5.76 Å². The average molecular weight is 408 g/mol. The standard InChI is InChI=1S/C23H24N2O5/c1-28-22-7-4-16(13-20(22)26)15-24-23(27)18-14-17(21-3-2-10-30-21)5-6-19(18)25-8-11-29-12-9-25/h2-7,10,13-14,26H,8-9,11-12,15H2,1H3,(H,24,27). The first-order valence-corrected chi connectivity index (χ1v) is 9.80. The number of morpholine rings is 1. The number of benzene rings is 2. The molecule has 2 N–H and O–H groups in total. The first-order chi connectivity index (χ1) is 14.7. The van der Waals surface area contributed by atoms with E-state index in [0.717, 1.165) is 29.9 Å². The van der Waals surface area contributed by atoms with Crippen molar-refractivity contribution in [2.24, 2.45) is 0 Å². The third-order valence-electron chi connectivity index (χ3n) is 5.09. The van der Waals surface area contributed by atoms with Crippen LogP contribution in [0.4, 0.5) is 5.69 Å². The number of phenolic OH excluding ortho intramolecular Hbond substituents is 1. The van der Waals surface area contributed by atoms with Gasteiger partial charge in [-0.1, -0.05) is 6.07 Å². The van der Waals surface area contributed by atoms with E-state index in [4.69, 9.17) is 13.9 Å². The van der Waals surface area contributed by atoms with Gasteiger partial charge in [0.2, 0.25) is 0 Å². The highest BCUT2D eigenvalue weighted by Crippen LogP contribution is 2.29. The van der Waals surface area contributed by atoms with Crippen LogP contribution in [0.15, 0.2) is 59.2 Å². The van der Waals surface area contributed by atoms with Crippen LogP contribution in [0.3, 0.4) is 0 Å². The van der Waals surface area contributed by atoms with Crippen LogP contribution in [0, 0.1) is 0 Å². The number of hydrogen-bond donors (Lipinski definition) is 2. The average Bonchev–Trinajstić information content (AvgIpc) is 3.33. The SMILES string of the molecule is COc1ccc(CNC(=O)c2cc(-c3ccco3)ccc2N2CCOCC2)cc1O. The van der Waals surface area contributed by atoms with Crippen LogP contribution in [0.1, 0.15) is 15.9 Å². The molecular weight excluding hydrogens is 384 g/mol. The lowest BCUT2D eigenvalue weighted by Gasteiger charge is -2.30. The van der Waals surface area contributed by atoms with Crippen LogP contribution < -0.4 is 15.0 Å². The lowest BCUT2D eigenvalue weighted by molar-refractivity contribution is 0.0949. The molecule has 1 aromatic heterocycles. The molecule has 1 aliphatic heterocycles. The zero-order valence-electron chi connectivity index (χ0n) is 16.8. The molecule has 7 heteroatoms. The molecule has 0 spiro atoms. The third-order valence-corrected chi connectivity index (χ3v) is 5.09. The van der Waals surface area contributed by atoms with Gasteiger partial charge >= 0.3 is 0 Å². The second-order valence-corrected chi connectivity index (χ2v) is 7.00. The maximum atomic E-state index is 13.1. The molecule has 0 radical (unpaired) electrons. The van der Waals surface area contributed by atoms with Gasteiger partial charge in [-0.25, -0.2) is 0 Å². The van der Waals surface area contributed by atoms with E-state index in [-0.39, 0.29) is 18.2 Å². The minimum absolute atomic E-state index is 0.0399. The molecule has 0 atom stereocenters. The fraction of sp³-hybridized carbons (Fsp3) is 0.261. The number of ether oxygens (including phenoxy) is 2. The van der Waals surface area contributed by atoms with Crippen LogP contribution in [0.25, 0.3) is 11.3 Å². The van der Waals surface area contributed by atoms with Crippen molar-refractivity contribution in [2.75, 3.05) is 38.3 Å². The summed E-state index contributed by atoms with van der Waals surface area (Å²) in [5, 5.41) is 12.9. The molecule has 0 saturated carbocycles. The fourth-order valence-electron chi connectivity index (χ4n) is 3.52. The number of anilines is 1. The zero-order chi connectivity index (χ0) is 20.9. The van der Waals surface area contributed by atoms with Crippen molar-refractivity contribution in [1.29, 1.82) is 0 Å². The quantitative estimate of drug-likeness (QED) is 0.650. The van der Waals surface area contributed by atoms with E-state index < -0.39 is 0 Å². The highest BCUT2D eigenvalue weighted by atomic mass is 16.5. The molecule has 1 amide bonds. The molecule has 1 aliphatic rings. The summed E-state index contributed by atoms with van der Waals surface area (Å²) in [6.45, 7) is 3.00. The number of furan rings is 1. The van der Waals surface area contributed by atoms with Crippen molar-refractivity contribution in [3.8, 4) is 22.8 Å². The number of aromatic hydroxyl groups is 1. The summed E-state index contributed by atoms with van der Waals surface area (Å²) >= 11 is 0. The van der Waals surface area contributed by atoms with E-state index in [1.54, 1.807) is 24.5 Å². The number of carbonyl (C=O) groups excluding carboxylic acids is 1. The Morgan fingerprint density at radius 2 is 2.00 bits per heavy atom. The van der Waals surface area contributed by atoms with Gasteiger partial charge in [-0.2, -0.15) is 0 Å². The van der Waals surface area contributed by atoms with Crippen LogP contribution in [0.2, 0.25) is 0 Å². The second-order valence-electron chi connectivity index (χ2n) is 7.00. The second kappa shape index (κ2) is 8.92. The maximum Gasteiger partial charge on any atom is 0.253 e. The van der Waals surface area contributed by atoms with E-state index in [1.807, 2.05) is 30.3 Å². The van der Waals surface area contributed by atoms with Crippen molar-refractivity contribution >= 4 is 11.6 Å². The molecule has 2 aromatic carbocycles. The van der Waals surface area contributed by atoms with Gasteiger partial charge in [0.15, 0.2) is 11.5 Å². The summed E-state index contributed by atoms with van der Waals surface area (Å²) in [4.78, 5) is 15.3. The summed E-state index contributed by atoms with van der Waals surface area (Å²) in [5.41, 5.74) is 3.05. The van der Waals surface area contributed by atoms with E-state index in [0.29, 0.717) is 30.3 Å². The monoisotopic (exact) mass is 408 g/mol. The number of amides is 1. The molecule has 0 unspecified atom stereocenters. The summed E-state index contributed by atoms with van der Waals surface area (Å²) in [6.07, 6.45) is 1.61.